The normalized spacial score (nSPS) is 28.6. The van der Waals surface area contributed by atoms with Gasteiger partial charge < -0.3 is 5.73 Å². The lowest BCUT2D eigenvalue weighted by molar-refractivity contribution is 0.303. The van der Waals surface area contributed by atoms with Crippen molar-refractivity contribution < 1.29 is 0 Å². The Hall–Kier alpha value is -0.580. The zero-order valence-electron chi connectivity index (χ0n) is 8.44. The molecule has 0 aliphatic carbocycles. The molecule has 0 radical (unpaired) electrons. The fraction of sp³-hybridized carbons (Fsp3) is 0.667. The molecule has 1 fully saturated rings. The third kappa shape index (κ3) is 1.54. The van der Waals surface area contributed by atoms with Crippen LogP contribution in [-0.2, 0) is 7.05 Å². The van der Waals surface area contributed by atoms with Crippen LogP contribution in [0.15, 0.2) is 6.20 Å². The van der Waals surface area contributed by atoms with Crippen LogP contribution in [0.25, 0.3) is 0 Å². The van der Waals surface area contributed by atoms with E-state index in [0.29, 0.717) is 6.04 Å². The summed E-state index contributed by atoms with van der Waals surface area (Å²) in [5.41, 5.74) is 6.98. The van der Waals surface area contributed by atoms with Gasteiger partial charge in [0.05, 0.1) is 23.0 Å². The summed E-state index contributed by atoms with van der Waals surface area (Å²) in [6.45, 7) is 0.923. The topological polar surface area (TPSA) is 47.1 Å². The van der Waals surface area contributed by atoms with Crippen LogP contribution >= 0.6 is 11.6 Å². The summed E-state index contributed by atoms with van der Waals surface area (Å²) in [5.74, 6) is 0. The van der Waals surface area contributed by atoms with Gasteiger partial charge in [-0.2, -0.15) is 5.10 Å². The number of hydrogen-bond acceptors (Lipinski definition) is 3. The fourth-order valence-corrected chi connectivity index (χ4v) is 2.45. The van der Waals surface area contributed by atoms with Crippen molar-refractivity contribution in [1.82, 2.24) is 14.7 Å². The maximum Gasteiger partial charge on any atom is 0.0834 e. The quantitative estimate of drug-likeness (QED) is 0.752. The Balaban J connectivity index is 2.31. The van der Waals surface area contributed by atoms with Crippen LogP contribution in [0, 0.1) is 0 Å². The lowest BCUT2D eigenvalue weighted by atomic mass is 10.1. The van der Waals surface area contributed by atoms with Gasteiger partial charge in [-0.25, -0.2) is 0 Å². The molecule has 2 unspecified atom stereocenters. The van der Waals surface area contributed by atoms with E-state index >= 15 is 0 Å². The molecule has 1 saturated heterocycles. The minimum absolute atomic E-state index is 0.246. The lowest BCUT2D eigenvalue weighted by Crippen LogP contribution is -2.24. The molecule has 2 N–H and O–H groups in total. The Kier molecular flexibility index (Phi) is 2.51. The molecular weight excluding hydrogens is 200 g/mol. The van der Waals surface area contributed by atoms with E-state index in [1.54, 1.807) is 6.20 Å². The second-order valence-corrected chi connectivity index (χ2v) is 4.36. The minimum atomic E-state index is 0.246. The molecule has 0 saturated carbocycles. The van der Waals surface area contributed by atoms with E-state index in [9.17, 15) is 0 Å². The number of hydrogen-bond donors (Lipinski definition) is 1. The van der Waals surface area contributed by atoms with Crippen LogP contribution in [0.1, 0.15) is 18.2 Å². The maximum absolute atomic E-state index is 6.09. The highest BCUT2D eigenvalue weighted by atomic mass is 35.5. The monoisotopic (exact) mass is 214 g/mol. The number of aromatic nitrogens is 2. The van der Waals surface area contributed by atoms with Gasteiger partial charge in [0.1, 0.15) is 0 Å². The van der Waals surface area contributed by atoms with Crippen molar-refractivity contribution in [3.05, 3.63) is 16.9 Å². The second-order valence-electron chi connectivity index (χ2n) is 3.95. The first-order chi connectivity index (χ1) is 6.59. The number of likely N-dealkylation sites (tertiary alicyclic amines) is 1. The van der Waals surface area contributed by atoms with Gasteiger partial charge >= 0.3 is 0 Å². The molecule has 2 rings (SSSR count). The molecule has 0 aromatic carbocycles. The van der Waals surface area contributed by atoms with E-state index in [-0.39, 0.29) is 6.04 Å². The van der Waals surface area contributed by atoms with Crippen molar-refractivity contribution in [3.63, 3.8) is 0 Å². The Morgan fingerprint density at radius 1 is 1.57 bits per heavy atom. The van der Waals surface area contributed by atoms with Crippen LogP contribution < -0.4 is 5.73 Å². The standard InChI is InChI=1S/C9H15ClN4/c1-13-5-6(11)3-8(13)9-7(10)4-12-14(9)2/h4,6,8H,3,5,11H2,1-2H3. The number of rotatable bonds is 1. The van der Waals surface area contributed by atoms with Gasteiger partial charge in [-0.15, -0.1) is 0 Å². The zero-order chi connectivity index (χ0) is 10.3. The predicted octanol–water partition coefficient (Wildman–Crippen LogP) is 0.777. The van der Waals surface area contributed by atoms with Crippen molar-refractivity contribution >= 4 is 11.6 Å². The Bertz CT molecular complexity index is 316. The number of nitrogens with zero attached hydrogens (tertiary/aromatic N) is 3. The van der Waals surface area contributed by atoms with Crippen LogP contribution in [-0.4, -0.2) is 34.3 Å². The molecule has 5 heteroatoms. The summed E-state index contributed by atoms with van der Waals surface area (Å²) in [6, 6.07) is 0.556. The summed E-state index contributed by atoms with van der Waals surface area (Å²) in [7, 11) is 3.99. The van der Waals surface area contributed by atoms with Crippen LogP contribution in [0.5, 0.6) is 0 Å². The second kappa shape index (κ2) is 3.53. The van der Waals surface area contributed by atoms with Gasteiger partial charge in [-0.3, -0.25) is 9.58 Å². The highest BCUT2D eigenvalue weighted by molar-refractivity contribution is 6.31. The zero-order valence-corrected chi connectivity index (χ0v) is 9.20. The van der Waals surface area contributed by atoms with Crippen molar-refractivity contribution in [3.8, 4) is 0 Å². The molecule has 78 valence electrons. The van der Waals surface area contributed by atoms with E-state index < -0.39 is 0 Å². The summed E-state index contributed by atoms with van der Waals surface area (Å²) in [5, 5.41) is 4.87. The number of aryl methyl sites for hydroxylation is 1. The van der Waals surface area contributed by atoms with E-state index in [4.69, 9.17) is 17.3 Å². The summed E-state index contributed by atoms with van der Waals surface area (Å²) >= 11 is 6.09. The SMILES string of the molecule is CN1CC(N)CC1c1c(Cl)cnn1C. The molecule has 0 bridgehead atoms. The van der Waals surface area contributed by atoms with Gasteiger partial charge in [0.15, 0.2) is 0 Å². The largest absolute Gasteiger partial charge is 0.326 e. The van der Waals surface area contributed by atoms with E-state index in [1.807, 2.05) is 11.7 Å². The highest BCUT2D eigenvalue weighted by Gasteiger charge is 2.31. The van der Waals surface area contributed by atoms with Crippen molar-refractivity contribution in [2.75, 3.05) is 13.6 Å². The van der Waals surface area contributed by atoms with Gasteiger partial charge in [-0.1, -0.05) is 11.6 Å². The predicted molar refractivity (Wildman–Crippen MR) is 56.2 cm³/mol. The molecule has 1 aromatic heterocycles. The van der Waals surface area contributed by atoms with Gasteiger partial charge in [0.2, 0.25) is 0 Å². The van der Waals surface area contributed by atoms with Crippen molar-refractivity contribution in [2.45, 2.75) is 18.5 Å². The first-order valence-electron chi connectivity index (χ1n) is 4.73. The molecule has 1 aromatic rings. The lowest BCUT2D eigenvalue weighted by Gasteiger charge is -2.19. The molecular formula is C9H15ClN4. The summed E-state index contributed by atoms with van der Waals surface area (Å²) in [6.07, 6.45) is 2.64. The molecule has 0 spiro atoms. The van der Waals surface area contributed by atoms with E-state index in [0.717, 1.165) is 23.7 Å². The van der Waals surface area contributed by atoms with Gasteiger partial charge in [-0.05, 0) is 13.5 Å². The Labute approximate surface area is 88.6 Å². The maximum atomic E-state index is 6.09. The van der Waals surface area contributed by atoms with Crippen LogP contribution in [0.4, 0.5) is 0 Å². The van der Waals surface area contributed by atoms with Gasteiger partial charge in [0.25, 0.3) is 0 Å². The number of likely N-dealkylation sites (N-methyl/N-ethyl adjacent to an activating group) is 1. The molecule has 1 aliphatic heterocycles. The van der Waals surface area contributed by atoms with Gasteiger partial charge in [0, 0.05) is 19.6 Å². The Morgan fingerprint density at radius 2 is 2.29 bits per heavy atom. The van der Waals surface area contributed by atoms with Crippen LogP contribution in [0.3, 0.4) is 0 Å². The third-order valence-electron chi connectivity index (χ3n) is 2.83. The fourth-order valence-electron chi connectivity index (χ4n) is 2.15. The average molecular weight is 215 g/mol. The van der Waals surface area contributed by atoms with Crippen molar-refractivity contribution in [2.24, 2.45) is 12.8 Å². The first kappa shape index (κ1) is 9.96. The summed E-state index contributed by atoms with van der Waals surface area (Å²) in [4.78, 5) is 2.23. The minimum Gasteiger partial charge on any atom is -0.326 e. The van der Waals surface area contributed by atoms with Crippen LogP contribution in [0.2, 0.25) is 5.02 Å². The molecule has 1 aliphatic rings. The molecule has 2 atom stereocenters. The Morgan fingerprint density at radius 3 is 2.71 bits per heavy atom. The molecule has 4 nitrogen and oxygen atoms in total. The average Bonchev–Trinajstić information content (AvgIpc) is 2.57. The van der Waals surface area contributed by atoms with Crippen molar-refractivity contribution in [1.29, 1.82) is 0 Å². The highest BCUT2D eigenvalue weighted by Crippen LogP contribution is 2.33. The first-order valence-corrected chi connectivity index (χ1v) is 5.10. The third-order valence-corrected chi connectivity index (χ3v) is 3.13. The smallest absolute Gasteiger partial charge is 0.0834 e. The van der Waals surface area contributed by atoms with E-state index in [1.165, 1.54) is 0 Å². The van der Waals surface area contributed by atoms with E-state index in [2.05, 4.69) is 17.0 Å². The number of nitrogens with two attached hydrogens (primary N) is 1. The molecule has 2 heterocycles. The molecule has 14 heavy (non-hydrogen) atoms. The molecule has 0 amide bonds. The summed E-state index contributed by atoms with van der Waals surface area (Å²) < 4.78 is 1.83. The number of halogens is 1.